The number of ether oxygens (including phenoxy) is 2. The van der Waals surface area contributed by atoms with Gasteiger partial charge in [-0.2, -0.15) is 0 Å². The van der Waals surface area contributed by atoms with Crippen LogP contribution in [0.1, 0.15) is 18.4 Å². The highest BCUT2D eigenvalue weighted by molar-refractivity contribution is 9.10. The lowest BCUT2D eigenvalue weighted by molar-refractivity contribution is -0.124. The number of methoxy groups -OCH3 is 1. The van der Waals surface area contributed by atoms with Gasteiger partial charge in [0.15, 0.2) is 0 Å². The van der Waals surface area contributed by atoms with E-state index in [2.05, 4.69) is 27.3 Å². The van der Waals surface area contributed by atoms with Crippen LogP contribution in [0.4, 0.5) is 0 Å². The summed E-state index contributed by atoms with van der Waals surface area (Å²) < 4.78 is 11.6. The van der Waals surface area contributed by atoms with Crippen LogP contribution in [0.5, 0.6) is 5.75 Å². The number of benzene rings is 1. The van der Waals surface area contributed by atoms with E-state index in [1.807, 2.05) is 12.1 Å². The van der Waals surface area contributed by atoms with Gasteiger partial charge in [-0.25, -0.2) is 0 Å². The van der Waals surface area contributed by atoms with Crippen molar-refractivity contribution < 1.29 is 14.3 Å². The number of hydrogen-bond donors (Lipinski definition) is 1. The number of nitrogens with one attached hydrogen (secondary N) is 1. The summed E-state index contributed by atoms with van der Waals surface area (Å²) in [7, 11) is 1.67. The Kier molecular flexibility index (Phi) is 5.86. The summed E-state index contributed by atoms with van der Waals surface area (Å²) in [6, 6.07) is 6.02. The minimum atomic E-state index is 0.0391. The molecule has 1 saturated heterocycles. The van der Waals surface area contributed by atoms with Crippen LogP contribution in [-0.4, -0.2) is 32.8 Å². The highest BCUT2D eigenvalue weighted by Gasteiger charge is 2.22. The molecule has 0 aromatic heterocycles. The quantitative estimate of drug-likeness (QED) is 0.809. The molecule has 0 unspecified atom stereocenters. The molecule has 4 nitrogen and oxygen atoms in total. The first-order valence-corrected chi connectivity index (χ1v) is 7.68. The summed E-state index contributed by atoms with van der Waals surface area (Å²) in [4.78, 5) is 11.8. The van der Waals surface area contributed by atoms with E-state index in [1.165, 1.54) is 0 Å². The SMILES string of the molecule is COc1cc(Br)ccc1CCCNC(=O)[C@H]1CCOC1. The molecule has 1 aromatic carbocycles. The first-order valence-electron chi connectivity index (χ1n) is 6.88. The van der Waals surface area contributed by atoms with Crippen LogP contribution in [0.3, 0.4) is 0 Å². The minimum Gasteiger partial charge on any atom is -0.496 e. The second kappa shape index (κ2) is 7.64. The van der Waals surface area contributed by atoms with Gasteiger partial charge in [0, 0.05) is 17.6 Å². The van der Waals surface area contributed by atoms with Crippen molar-refractivity contribution in [3.8, 4) is 5.75 Å². The van der Waals surface area contributed by atoms with Gasteiger partial charge in [-0.05, 0) is 37.0 Å². The molecule has 0 spiro atoms. The van der Waals surface area contributed by atoms with Gasteiger partial charge in [0.25, 0.3) is 0 Å². The number of aryl methyl sites for hydroxylation is 1. The summed E-state index contributed by atoms with van der Waals surface area (Å²) in [6.07, 6.45) is 2.63. The fourth-order valence-corrected chi connectivity index (χ4v) is 2.64. The highest BCUT2D eigenvalue weighted by atomic mass is 79.9. The molecule has 1 amide bonds. The van der Waals surface area contributed by atoms with Gasteiger partial charge in [0.1, 0.15) is 5.75 Å². The third kappa shape index (κ3) is 4.21. The van der Waals surface area contributed by atoms with E-state index in [-0.39, 0.29) is 11.8 Å². The van der Waals surface area contributed by atoms with Crippen molar-refractivity contribution in [1.82, 2.24) is 5.32 Å². The molecule has 2 rings (SSSR count). The topological polar surface area (TPSA) is 47.6 Å². The Balaban J connectivity index is 1.74. The summed E-state index contributed by atoms with van der Waals surface area (Å²) in [5, 5.41) is 2.97. The molecule has 20 heavy (non-hydrogen) atoms. The second-order valence-corrected chi connectivity index (χ2v) is 5.83. The number of carbonyl (C=O) groups is 1. The van der Waals surface area contributed by atoms with Crippen LogP contribution in [0.15, 0.2) is 22.7 Å². The normalized spacial score (nSPS) is 18.0. The zero-order valence-corrected chi connectivity index (χ0v) is 13.2. The van der Waals surface area contributed by atoms with Crippen LogP contribution in [0.25, 0.3) is 0 Å². The first kappa shape index (κ1) is 15.3. The van der Waals surface area contributed by atoms with Crippen molar-refractivity contribution in [2.24, 2.45) is 5.92 Å². The van der Waals surface area contributed by atoms with E-state index in [0.717, 1.165) is 35.0 Å². The third-order valence-corrected chi connectivity index (χ3v) is 3.96. The van der Waals surface area contributed by atoms with Crippen molar-refractivity contribution in [3.05, 3.63) is 28.2 Å². The van der Waals surface area contributed by atoms with E-state index < -0.39 is 0 Å². The van der Waals surface area contributed by atoms with Crippen molar-refractivity contribution in [1.29, 1.82) is 0 Å². The van der Waals surface area contributed by atoms with Crippen LogP contribution in [0.2, 0.25) is 0 Å². The number of carbonyl (C=O) groups excluding carboxylic acids is 1. The zero-order chi connectivity index (χ0) is 14.4. The molecule has 110 valence electrons. The van der Waals surface area contributed by atoms with Crippen molar-refractivity contribution in [3.63, 3.8) is 0 Å². The number of rotatable bonds is 6. The van der Waals surface area contributed by atoms with Crippen molar-refractivity contribution in [2.45, 2.75) is 19.3 Å². The van der Waals surface area contributed by atoms with Crippen LogP contribution >= 0.6 is 15.9 Å². The number of amides is 1. The molecule has 0 bridgehead atoms. The van der Waals surface area contributed by atoms with Gasteiger partial charge in [-0.1, -0.05) is 22.0 Å². The predicted octanol–water partition coefficient (Wildman–Crippen LogP) is 2.54. The Morgan fingerprint density at radius 3 is 3.10 bits per heavy atom. The second-order valence-electron chi connectivity index (χ2n) is 4.91. The molecular weight excluding hydrogens is 322 g/mol. The molecule has 1 aliphatic rings. The summed E-state index contributed by atoms with van der Waals surface area (Å²) in [5.41, 5.74) is 1.16. The molecular formula is C15H20BrNO3. The number of hydrogen-bond acceptors (Lipinski definition) is 3. The maximum atomic E-state index is 11.8. The van der Waals surface area contributed by atoms with E-state index in [1.54, 1.807) is 7.11 Å². The largest absolute Gasteiger partial charge is 0.496 e. The zero-order valence-electron chi connectivity index (χ0n) is 11.7. The van der Waals surface area contributed by atoms with Gasteiger partial charge in [-0.15, -0.1) is 0 Å². The maximum Gasteiger partial charge on any atom is 0.225 e. The maximum absolute atomic E-state index is 11.8. The van der Waals surface area contributed by atoms with Gasteiger partial charge < -0.3 is 14.8 Å². The third-order valence-electron chi connectivity index (χ3n) is 3.47. The van der Waals surface area contributed by atoms with E-state index in [4.69, 9.17) is 9.47 Å². The fourth-order valence-electron chi connectivity index (χ4n) is 2.30. The standard InChI is InChI=1S/C15H20BrNO3/c1-19-14-9-13(16)5-4-11(14)3-2-7-17-15(18)12-6-8-20-10-12/h4-5,9,12H,2-3,6-8,10H2,1H3,(H,17,18)/t12-/m0/s1. The van der Waals surface area contributed by atoms with Crippen molar-refractivity contribution in [2.75, 3.05) is 26.9 Å². The fraction of sp³-hybridized carbons (Fsp3) is 0.533. The molecule has 1 heterocycles. The van der Waals surface area contributed by atoms with E-state index in [0.29, 0.717) is 19.8 Å². The molecule has 0 aliphatic carbocycles. The highest BCUT2D eigenvalue weighted by Crippen LogP contribution is 2.24. The summed E-state index contributed by atoms with van der Waals surface area (Å²) >= 11 is 3.43. The molecule has 1 aliphatic heterocycles. The van der Waals surface area contributed by atoms with Gasteiger partial charge >= 0.3 is 0 Å². The van der Waals surface area contributed by atoms with Gasteiger partial charge in [-0.3, -0.25) is 4.79 Å². The lowest BCUT2D eigenvalue weighted by atomic mass is 10.1. The lowest BCUT2D eigenvalue weighted by Crippen LogP contribution is -2.31. The van der Waals surface area contributed by atoms with Gasteiger partial charge in [0.2, 0.25) is 5.91 Å². The summed E-state index contributed by atoms with van der Waals surface area (Å²) in [5.74, 6) is 1.04. The monoisotopic (exact) mass is 341 g/mol. The Bertz CT molecular complexity index is 458. The van der Waals surface area contributed by atoms with E-state index in [9.17, 15) is 4.79 Å². The molecule has 1 atom stereocenters. The molecule has 1 aromatic rings. The number of halogens is 1. The van der Waals surface area contributed by atoms with Crippen molar-refractivity contribution >= 4 is 21.8 Å². The molecule has 0 radical (unpaired) electrons. The lowest BCUT2D eigenvalue weighted by Gasteiger charge is -2.11. The Morgan fingerprint density at radius 1 is 1.55 bits per heavy atom. The smallest absolute Gasteiger partial charge is 0.225 e. The Hall–Kier alpha value is -1.07. The van der Waals surface area contributed by atoms with Crippen LogP contribution in [0, 0.1) is 5.92 Å². The molecule has 1 fully saturated rings. The predicted molar refractivity (Wildman–Crippen MR) is 81.0 cm³/mol. The molecule has 0 saturated carbocycles. The van der Waals surface area contributed by atoms with Crippen LogP contribution in [-0.2, 0) is 16.0 Å². The van der Waals surface area contributed by atoms with Gasteiger partial charge in [0.05, 0.1) is 19.6 Å². The average molecular weight is 342 g/mol. The average Bonchev–Trinajstić information content (AvgIpc) is 2.98. The first-order chi connectivity index (χ1) is 9.70. The Labute approximate surface area is 128 Å². The minimum absolute atomic E-state index is 0.0391. The van der Waals surface area contributed by atoms with Crippen LogP contribution < -0.4 is 10.1 Å². The Morgan fingerprint density at radius 2 is 2.40 bits per heavy atom. The molecule has 5 heteroatoms. The van der Waals surface area contributed by atoms with E-state index >= 15 is 0 Å². The molecule has 1 N–H and O–H groups in total. The summed E-state index contributed by atoms with van der Waals surface area (Å²) in [6.45, 7) is 1.95.